The van der Waals surface area contributed by atoms with E-state index in [2.05, 4.69) is 10.1 Å². The number of amides is 4. The molecule has 9 heteroatoms. The second-order valence-electron chi connectivity index (χ2n) is 7.68. The van der Waals surface area contributed by atoms with Gasteiger partial charge in [-0.3, -0.25) is 19.3 Å². The van der Waals surface area contributed by atoms with Gasteiger partial charge in [-0.2, -0.15) is 0 Å². The molecule has 0 bridgehead atoms. The van der Waals surface area contributed by atoms with E-state index in [1.54, 1.807) is 17.0 Å². The highest BCUT2D eigenvalue weighted by molar-refractivity contribution is 6.05. The van der Waals surface area contributed by atoms with E-state index in [0.29, 0.717) is 44.3 Å². The molecule has 2 fully saturated rings. The predicted octanol–water partition coefficient (Wildman–Crippen LogP) is 1.48. The van der Waals surface area contributed by atoms with Crippen molar-refractivity contribution in [2.45, 2.75) is 38.1 Å². The van der Waals surface area contributed by atoms with Gasteiger partial charge < -0.3 is 15.0 Å². The van der Waals surface area contributed by atoms with Gasteiger partial charge >= 0.3 is 12.0 Å². The highest BCUT2D eigenvalue weighted by atomic mass is 19.1. The Bertz CT molecular complexity index is 823. The molecule has 0 spiro atoms. The third-order valence-corrected chi connectivity index (χ3v) is 5.65. The van der Waals surface area contributed by atoms with E-state index in [-0.39, 0.29) is 36.6 Å². The molecule has 4 amide bonds. The molecule has 2 saturated heterocycles. The molecule has 1 atom stereocenters. The Morgan fingerprint density at radius 1 is 1.20 bits per heavy atom. The summed E-state index contributed by atoms with van der Waals surface area (Å²) in [5.74, 6) is -1.07. The highest BCUT2D eigenvalue weighted by Gasteiger charge is 2.39. The van der Waals surface area contributed by atoms with Crippen LogP contribution in [0.5, 0.6) is 0 Å². The first-order valence-corrected chi connectivity index (χ1v) is 10.1. The van der Waals surface area contributed by atoms with Gasteiger partial charge in [-0.25, -0.2) is 9.18 Å². The molecule has 0 saturated carbocycles. The number of likely N-dealkylation sites (tertiary alicyclic amines) is 1. The van der Waals surface area contributed by atoms with Crippen LogP contribution in [0.1, 0.15) is 31.2 Å². The van der Waals surface area contributed by atoms with Gasteiger partial charge in [0.25, 0.3) is 5.91 Å². The molecule has 8 nitrogen and oxygen atoms in total. The molecular formula is C21H26FN3O5. The number of benzene rings is 1. The fourth-order valence-corrected chi connectivity index (χ4v) is 3.87. The number of piperidine rings is 1. The van der Waals surface area contributed by atoms with Crippen molar-refractivity contribution in [2.24, 2.45) is 5.92 Å². The zero-order valence-electron chi connectivity index (χ0n) is 16.9. The molecule has 0 unspecified atom stereocenters. The summed E-state index contributed by atoms with van der Waals surface area (Å²) in [6.07, 6.45) is 1.99. The molecule has 162 valence electrons. The topological polar surface area (TPSA) is 96.0 Å². The fraction of sp³-hybridized carbons (Fsp3) is 0.524. The van der Waals surface area contributed by atoms with Crippen LogP contribution >= 0.6 is 0 Å². The number of carbonyl (C=O) groups is 4. The first-order chi connectivity index (χ1) is 14.4. The number of nitrogens with one attached hydrogen (secondary N) is 1. The number of halogens is 1. The summed E-state index contributed by atoms with van der Waals surface area (Å²) < 4.78 is 18.0. The zero-order valence-corrected chi connectivity index (χ0v) is 16.9. The highest BCUT2D eigenvalue weighted by Crippen LogP contribution is 2.22. The maximum Gasteiger partial charge on any atom is 0.324 e. The summed E-state index contributed by atoms with van der Waals surface area (Å²) in [7, 11) is 1.36. The van der Waals surface area contributed by atoms with Gasteiger partial charge in [0.15, 0.2) is 0 Å². The quantitative estimate of drug-likeness (QED) is 0.534. The van der Waals surface area contributed by atoms with Crippen LogP contribution in [0.4, 0.5) is 9.18 Å². The van der Waals surface area contributed by atoms with Crippen LogP contribution in [0, 0.1) is 11.7 Å². The summed E-state index contributed by atoms with van der Waals surface area (Å²) in [5.41, 5.74) is 0.685. The summed E-state index contributed by atoms with van der Waals surface area (Å²) >= 11 is 0. The number of hydrogen-bond donors (Lipinski definition) is 1. The number of hydrogen-bond acceptors (Lipinski definition) is 5. The maximum absolute atomic E-state index is 13.3. The zero-order chi connectivity index (χ0) is 21.7. The van der Waals surface area contributed by atoms with E-state index in [1.807, 2.05) is 0 Å². The molecule has 30 heavy (non-hydrogen) atoms. The summed E-state index contributed by atoms with van der Waals surface area (Å²) in [6, 6.07) is 4.58. The molecule has 1 N–H and O–H groups in total. The van der Waals surface area contributed by atoms with Gasteiger partial charge in [-0.15, -0.1) is 0 Å². The number of ether oxygens (including phenoxy) is 1. The first-order valence-electron chi connectivity index (χ1n) is 10.1. The number of carbonyl (C=O) groups excluding carboxylic acids is 4. The summed E-state index contributed by atoms with van der Waals surface area (Å²) in [6.45, 7) is 1.15. The average Bonchev–Trinajstić information content (AvgIpc) is 2.99. The van der Waals surface area contributed by atoms with Crippen LogP contribution in [0.15, 0.2) is 24.3 Å². The Labute approximate surface area is 174 Å². The van der Waals surface area contributed by atoms with Gasteiger partial charge in [-0.1, -0.05) is 12.1 Å². The van der Waals surface area contributed by atoms with Crippen molar-refractivity contribution >= 4 is 23.8 Å². The number of nitrogens with zero attached hydrogens (tertiary/aromatic N) is 2. The lowest BCUT2D eigenvalue weighted by Gasteiger charge is -2.32. The molecule has 0 aliphatic carbocycles. The number of esters is 1. The van der Waals surface area contributed by atoms with Gasteiger partial charge in [0, 0.05) is 26.1 Å². The number of rotatable bonds is 7. The molecular weight excluding hydrogens is 393 g/mol. The van der Waals surface area contributed by atoms with Crippen molar-refractivity contribution in [3.05, 3.63) is 35.6 Å². The lowest BCUT2D eigenvalue weighted by molar-refractivity contribution is -0.142. The molecule has 2 aliphatic rings. The van der Waals surface area contributed by atoms with Crippen LogP contribution in [-0.4, -0.2) is 66.4 Å². The van der Waals surface area contributed by atoms with Gasteiger partial charge in [0.2, 0.25) is 5.91 Å². The minimum absolute atomic E-state index is 0.0945. The second-order valence-corrected chi connectivity index (χ2v) is 7.68. The van der Waals surface area contributed by atoms with Crippen LogP contribution in [0.3, 0.4) is 0 Å². The Morgan fingerprint density at radius 3 is 2.60 bits per heavy atom. The minimum Gasteiger partial charge on any atom is -0.469 e. The number of urea groups is 1. The van der Waals surface area contributed by atoms with E-state index < -0.39 is 18.0 Å². The van der Waals surface area contributed by atoms with E-state index in [1.165, 1.54) is 19.2 Å². The van der Waals surface area contributed by atoms with Crippen molar-refractivity contribution in [1.29, 1.82) is 0 Å². The van der Waals surface area contributed by atoms with Crippen molar-refractivity contribution in [1.82, 2.24) is 15.1 Å². The molecule has 0 radical (unpaired) electrons. The summed E-state index contributed by atoms with van der Waals surface area (Å²) in [5, 5.41) is 2.57. The maximum atomic E-state index is 13.3. The van der Waals surface area contributed by atoms with Gasteiger partial charge in [0.1, 0.15) is 11.9 Å². The second kappa shape index (κ2) is 9.69. The SMILES string of the molecule is COC(=O)CC1CCN(C(=O)C[C@@H]2NC(=O)N(CCc3cccc(F)c3)C2=O)CC1. The summed E-state index contributed by atoms with van der Waals surface area (Å²) in [4.78, 5) is 51.5. The molecule has 1 aromatic rings. The largest absolute Gasteiger partial charge is 0.469 e. The van der Waals surface area contributed by atoms with Crippen LogP contribution < -0.4 is 5.32 Å². The van der Waals surface area contributed by atoms with Crippen molar-refractivity contribution in [2.75, 3.05) is 26.7 Å². The normalized spacial score (nSPS) is 19.7. The lowest BCUT2D eigenvalue weighted by atomic mass is 9.93. The molecule has 1 aromatic carbocycles. The van der Waals surface area contributed by atoms with Crippen LogP contribution in [0.2, 0.25) is 0 Å². The average molecular weight is 419 g/mol. The Balaban J connectivity index is 1.47. The lowest BCUT2D eigenvalue weighted by Crippen LogP contribution is -2.43. The number of methoxy groups -OCH3 is 1. The Morgan fingerprint density at radius 2 is 1.93 bits per heavy atom. The first kappa shape index (κ1) is 21.7. The standard InChI is InChI=1S/C21H26FN3O5/c1-30-19(27)12-15-5-8-24(9-6-15)18(26)13-17-20(28)25(21(29)23-17)10-7-14-3-2-4-16(22)11-14/h2-4,11,15,17H,5-10,12-13H2,1H3,(H,23,29)/t17-/m0/s1. The molecule has 2 aliphatic heterocycles. The van der Waals surface area contributed by atoms with E-state index >= 15 is 0 Å². The minimum atomic E-state index is -0.884. The van der Waals surface area contributed by atoms with E-state index in [0.717, 1.165) is 4.90 Å². The van der Waals surface area contributed by atoms with Crippen LogP contribution in [0.25, 0.3) is 0 Å². The Hall–Kier alpha value is -2.97. The predicted molar refractivity (Wildman–Crippen MR) is 105 cm³/mol. The van der Waals surface area contributed by atoms with Crippen molar-refractivity contribution in [3.8, 4) is 0 Å². The third-order valence-electron chi connectivity index (χ3n) is 5.65. The Kier molecular flexibility index (Phi) is 7.02. The van der Waals surface area contributed by atoms with Crippen molar-refractivity contribution in [3.63, 3.8) is 0 Å². The molecule has 0 aromatic heterocycles. The smallest absolute Gasteiger partial charge is 0.324 e. The van der Waals surface area contributed by atoms with Crippen molar-refractivity contribution < 1.29 is 28.3 Å². The van der Waals surface area contributed by atoms with E-state index in [9.17, 15) is 23.6 Å². The third kappa shape index (κ3) is 5.34. The van der Waals surface area contributed by atoms with Gasteiger partial charge in [0.05, 0.1) is 13.5 Å². The van der Waals surface area contributed by atoms with Gasteiger partial charge in [-0.05, 0) is 42.9 Å². The molecule has 2 heterocycles. The van der Waals surface area contributed by atoms with E-state index in [4.69, 9.17) is 0 Å². The fourth-order valence-electron chi connectivity index (χ4n) is 3.87. The van der Waals surface area contributed by atoms with Crippen LogP contribution in [-0.2, 0) is 25.5 Å². The number of imide groups is 1. The monoisotopic (exact) mass is 419 g/mol. The molecule has 3 rings (SSSR count).